The number of hydrogen-bond acceptors (Lipinski definition) is 7. The van der Waals surface area contributed by atoms with Gasteiger partial charge in [0, 0.05) is 37.7 Å². The summed E-state index contributed by atoms with van der Waals surface area (Å²) in [4.78, 5) is 23.3. The van der Waals surface area contributed by atoms with Gasteiger partial charge >= 0.3 is 0 Å². The van der Waals surface area contributed by atoms with Crippen LogP contribution in [0.1, 0.15) is 17.5 Å². The highest BCUT2D eigenvalue weighted by Crippen LogP contribution is 2.27. The second kappa shape index (κ2) is 12.0. The summed E-state index contributed by atoms with van der Waals surface area (Å²) < 4.78 is 10.7. The Morgan fingerprint density at radius 3 is 2.58 bits per heavy atom. The molecule has 0 spiro atoms. The molecule has 0 aliphatic rings. The molecule has 3 aromatic rings. The number of aromatic nitrogens is 2. The zero-order valence-corrected chi connectivity index (χ0v) is 19.8. The monoisotopic (exact) mass is 448 g/mol. The summed E-state index contributed by atoms with van der Waals surface area (Å²) in [5.41, 5.74) is 3.92. The molecule has 7 nitrogen and oxygen atoms in total. The number of benzene rings is 2. The predicted octanol–water partition coefficient (Wildman–Crippen LogP) is 3.88. The van der Waals surface area contributed by atoms with Crippen molar-refractivity contribution in [2.45, 2.75) is 19.3 Å². The number of carbonyl (C=O) groups is 1. The first-order chi connectivity index (χ1) is 16.0. The molecular formula is C26H32N4O3. The van der Waals surface area contributed by atoms with E-state index in [0.717, 1.165) is 35.3 Å². The molecule has 1 heterocycles. The van der Waals surface area contributed by atoms with Crippen molar-refractivity contribution in [1.29, 1.82) is 0 Å². The second-order valence-electron chi connectivity index (χ2n) is 8.10. The minimum atomic E-state index is 0.237. The van der Waals surface area contributed by atoms with E-state index in [2.05, 4.69) is 15.3 Å². The van der Waals surface area contributed by atoms with Crippen LogP contribution in [-0.4, -0.2) is 62.1 Å². The van der Waals surface area contributed by atoms with Crippen molar-refractivity contribution in [3.8, 4) is 22.8 Å². The van der Waals surface area contributed by atoms with Crippen molar-refractivity contribution in [3.63, 3.8) is 0 Å². The first-order valence-corrected chi connectivity index (χ1v) is 11.0. The van der Waals surface area contributed by atoms with Crippen LogP contribution in [0.15, 0.2) is 54.7 Å². The number of methoxy groups -OCH3 is 2. The average Bonchev–Trinajstić information content (AvgIpc) is 2.83. The summed E-state index contributed by atoms with van der Waals surface area (Å²) in [5.74, 6) is 2.24. The molecule has 0 fully saturated rings. The molecule has 1 N–H and O–H groups in total. The van der Waals surface area contributed by atoms with Crippen LogP contribution in [0.4, 0.5) is 5.95 Å². The SMILES string of the molecule is COc1ccc(CCNc2nccc(-c3cccc(CC(=O)CCN(C)C)c3)n2)cc1OC. The Labute approximate surface area is 195 Å². The molecule has 0 aliphatic carbocycles. The van der Waals surface area contributed by atoms with Gasteiger partial charge < -0.3 is 19.7 Å². The molecule has 2 aromatic carbocycles. The highest BCUT2D eigenvalue weighted by molar-refractivity contribution is 5.81. The lowest BCUT2D eigenvalue weighted by molar-refractivity contribution is -0.118. The topological polar surface area (TPSA) is 76.6 Å². The van der Waals surface area contributed by atoms with Crippen molar-refractivity contribution < 1.29 is 14.3 Å². The number of nitrogens with one attached hydrogen (secondary N) is 1. The molecule has 3 rings (SSSR count). The summed E-state index contributed by atoms with van der Waals surface area (Å²) in [6.45, 7) is 1.45. The van der Waals surface area contributed by atoms with E-state index in [0.29, 0.717) is 36.8 Å². The Hall–Kier alpha value is -3.45. The Balaban J connectivity index is 1.61. The van der Waals surface area contributed by atoms with Crippen LogP contribution in [0.2, 0.25) is 0 Å². The number of nitrogens with zero attached hydrogens (tertiary/aromatic N) is 3. The number of carbonyl (C=O) groups excluding carboxylic acids is 1. The van der Waals surface area contributed by atoms with E-state index in [4.69, 9.17) is 9.47 Å². The lowest BCUT2D eigenvalue weighted by Crippen LogP contribution is -2.17. The van der Waals surface area contributed by atoms with Gasteiger partial charge in [0.1, 0.15) is 5.78 Å². The number of Topliss-reactive ketones (excluding diaryl/α,β-unsaturated/α-hetero) is 1. The molecule has 7 heteroatoms. The molecule has 0 unspecified atom stereocenters. The molecule has 0 atom stereocenters. The van der Waals surface area contributed by atoms with Crippen LogP contribution < -0.4 is 14.8 Å². The maximum absolute atomic E-state index is 12.3. The van der Waals surface area contributed by atoms with Gasteiger partial charge in [-0.3, -0.25) is 4.79 Å². The van der Waals surface area contributed by atoms with Gasteiger partial charge in [-0.25, -0.2) is 9.97 Å². The van der Waals surface area contributed by atoms with E-state index in [1.165, 1.54) is 0 Å². The fraction of sp³-hybridized carbons (Fsp3) is 0.346. The summed E-state index contributed by atoms with van der Waals surface area (Å²) in [6.07, 6.45) is 3.52. The Bertz CT molecular complexity index is 1070. The van der Waals surface area contributed by atoms with Crippen LogP contribution >= 0.6 is 0 Å². The highest BCUT2D eigenvalue weighted by Gasteiger charge is 2.08. The van der Waals surface area contributed by atoms with E-state index in [9.17, 15) is 4.79 Å². The summed E-state index contributed by atoms with van der Waals surface area (Å²) in [5, 5.41) is 3.29. The van der Waals surface area contributed by atoms with Crippen LogP contribution in [0.3, 0.4) is 0 Å². The van der Waals surface area contributed by atoms with Gasteiger partial charge in [-0.15, -0.1) is 0 Å². The van der Waals surface area contributed by atoms with Gasteiger partial charge in [0.25, 0.3) is 0 Å². The average molecular weight is 449 g/mol. The molecular weight excluding hydrogens is 416 g/mol. The lowest BCUT2D eigenvalue weighted by Gasteiger charge is -2.11. The largest absolute Gasteiger partial charge is 0.493 e. The van der Waals surface area contributed by atoms with Crippen LogP contribution in [0.25, 0.3) is 11.3 Å². The van der Waals surface area contributed by atoms with Crippen molar-refractivity contribution in [1.82, 2.24) is 14.9 Å². The van der Waals surface area contributed by atoms with Gasteiger partial charge in [0.05, 0.1) is 19.9 Å². The van der Waals surface area contributed by atoms with Gasteiger partial charge in [0.2, 0.25) is 5.95 Å². The van der Waals surface area contributed by atoms with Gasteiger partial charge in [-0.05, 0) is 55.9 Å². The van der Waals surface area contributed by atoms with E-state index in [-0.39, 0.29) is 5.78 Å². The van der Waals surface area contributed by atoms with Crippen molar-refractivity contribution in [3.05, 3.63) is 65.9 Å². The number of rotatable bonds is 12. The lowest BCUT2D eigenvalue weighted by atomic mass is 10.0. The maximum Gasteiger partial charge on any atom is 0.223 e. The summed E-state index contributed by atoms with van der Waals surface area (Å²) in [6, 6.07) is 15.8. The fourth-order valence-electron chi connectivity index (χ4n) is 3.46. The Kier molecular flexibility index (Phi) is 8.78. The zero-order chi connectivity index (χ0) is 23.6. The minimum absolute atomic E-state index is 0.237. The second-order valence-corrected chi connectivity index (χ2v) is 8.10. The van der Waals surface area contributed by atoms with Crippen molar-refractivity contribution >= 4 is 11.7 Å². The Morgan fingerprint density at radius 1 is 1.00 bits per heavy atom. The molecule has 0 radical (unpaired) electrons. The van der Waals surface area contributed by atoms with Gasteiger partial charge in [-0.2, -0.15) is 0 Å². The van der Waals surface area contributed by atoms with Crippen molar-refractivity contribution in [2.75, 3.05) is 46.7 Å². The molecule has 174 valence electrons. The normalized spacial score (nSPS) is 10.8. The third kappa shape index (κ3) is 7.29. The smallest absolute Gasteiger partial charge is 0.223 e. The molecule has 0 bridgehead atoms. The first-order valence-electron chi connectivity index (χ1n) is 11.0. The third-order valence-electron chi connectivity index (χ3n) is 5.26. The van der Waals surface area contributed by atoms with Crippen LogP contribution in [0.5, 0.6) is 11.5 Å². The molecule has 33 heavy (non-hydrogen) atoms. The summed E-state index contributed by atoms with van der Waals surface area (Å²) in [7, 11) is 7.21. The third-order valence-corrected chi connectivity index (χ3v) is 5.26. The molecule has 0 saturated heterocycles. The molecule has 0 saturated carbocycles. The number of hydrogen-bond donors (Lipinski definition) is 1. The quantitative estimate of drug-likeness (QED) is 0.451. The number of ether oxygens (including phenoxy) is 2. The van der Waals surface area contributed by atoms with Crippen LogP contribution in [-0.2, 0) is 17.6 Å². The maximum atomic E-state index is 12.3. The zero-order valence-electron chi connectivity index (χ0n) is 19.8. The van der Waals surface area contributed by atoms with E-state index >= 15 is 0 Å². The summed E-state index contributed by atoms with van der Waals surface area (Å²) >= 11 is 0. The highest BCUT2D eigenvalue weighted by atomic mass is 16.5. The van der Waals surface area contributed by atoms with E-state index in [1.54, 1.807) is 20.4 Å². The fourth-order valence-corrected chi connectivity index (χ4v) is 3.46. The standard InChI is InChI=1S/C26H32N4O3/c1-30(2)15-12-22(31)17-20-6-5-7-21(16-20)23-11-14-28-26(29-23)27-13-10-19-8-9-24(32-3)25(18-19)33-4/h5-9,11,14,16,18H,10,12-13,15,17H2,1-4H3,(H,27,28,29). The molecule has 0 aliphatic heterocycles. The van der Waals surface area contributed by atoms with E-state index < -0.39 is 0 Å². The molecule has 1 aromatic heterocycles. The minimum Gasteiger partial charge on any atom is -0.493 e. The van der Waals surface area contributed by atoms with Crippen LogP contribution in [0, 0.1) is 0 Å². The number of anilines is 1. The van der Waals surface area contributed by atoms with E-state index in [1.807, 2.05) is 67.5 Å². The van der Waals surface area contributed by atoms with Gasteiger partial charge in [0.15, 0.2) is 11.5 Å². The number of ketones is 1. The first kappa shape index (κ1) is 24.2. The van der Waals surface area contributed by atoms with Gasteiger partial charge in [-0.1, -0.05) is 24.3 Å². The Morgan fingerprint density at radius 2 is 1.82 bits per heavy atom. The molecule has 0 amide bonds. The van der Waals surface area contributed by atoms with Crippen molar-refractivity contribution in [2.24, 2.45) is 0 Å². The predicted molar refractivity (Wildman–Crippen MR) is 131 cm³/mol.